The molecule has 0 aromatic carbocycles. The molecule has 1 N–H and O–H groups in total. The average molecular weight is 442 g/mol. The molecule has 1 aliphatic carbocycles. The fraction of sp³-hybridized carbons (Fsp3) is 0.708. The molecule has 1 amide bonds. The van der Waals surface area contributed by atoms with Crippen molar-refractivity contribution in [3.63, 3.8) is 0 Å². The number of rotatable bonds is 10. The highest BCUT2D eigenvalue weighted by Gasteiger charge is 2.35. The van der Waals surface area contributed by atoms with Gasteiger partial charge in [0.2, 0.25) is 0 Å². The molecule has 1 saturated carbocycles. The number of amides is 1. The molecule has 0 spiro atoms. The van der Waals surface area contributed by atoms with Gasteiger partial charge in [-0.3, -0.25) is 19.0 Å². The minimum atomic E-state index is -0.0431. The van der Waals surface area contributed by atoms with Gasteiger partial charge in [-0.15, -0.1) is 10.2 Å². The van der Waals surface area contributed by atoms with Crippen LogP contribution >= 0.6 is 0 Å². The molecule has 4 rings (SSSR count). The number of hydrogen-bond acceptors (Lipinski definition) is 6. The minimum absolute atomic E-state index is 0.0431. The summed E-state index contributed by atoms with van der Waals surface area (Å²) in [7, 11) is 0. The minimum Gasteiger partial charge on any atom is -0.351 e. The molecule has 1 atom stereocenters. The molecule has 1 aliphatic heterocycles. The van der Waals surface area contributed by atoms with Crippen LogP contribution in [0, 0.1) is 5.92 Å². The maximum atomic E-state index is 12.8. The van der Waals surface area contributed by atoms with E-state index in [2.05, 4.69) is 57.9 Å². The van der Waals surface area contributed by atoms with E-state index in [4.69, 9.17) is 0 Å². The smallest absolute Gasteiger partial charge is 0.252 e. The van der Waals surface area contributed by atoms with Crippen molar-refractivity contribution in [2.75, 3.05) is 52.4 Å². The lowest BCUT2D eigenvalue weighted by atomic mass is 10.1. The fourth-order valence-corrected chi connectivity index (χ4v) is 4.77. The zero-order valence-corrected chi connectivity index (χ0v) is 20.1. The molecule has 0 radical (unpaired) electrons. The van der Waals surface area contributed by atoms with E-state index in [0.29, 0.717) is 18.2 Å². The zero-order chi connectivity index (χ0) is 22.7. The summed E-state index contributed by atoms with van der Waals surface area (Å²) >= 11 is 0. The van der Waals surface area contributed by atoms with Gasteiger partial charge in [-0.1, -0.05) is 13.8 Å². The van der Waals surface area contributed by atoms with Gasteiger partial charge in [0.05, 0.1) is 11.6 Å². The predicted molar refractivity (Wildman–Crippen MR) is 127 cm³/mol. The second-order valence-electron chi connectivity index (χ2n) is 9.54. The summed E-state index contributed by atoms with van der Waals surface area (Å²) in [5.74, 6) is 1.77. The number of fused-ring (bicyclic) bond motifs is 1. The van der Waals surface area contributed by atoms with Crippen molar-refractivity contribution in [3.05, 3.63) is 29.7 Å². The number of nitrogens with one attached hydrogen (secondary N) is 1. The summed E-state index contributed by atoms with van der Waals surface area (Å²) in [6.45, 7) is 16.6. The first-order valence-corrected chi connectivity index (χ1v) is 12.3. The number of piperazine rings is 1. The molecule has 0 bridgehead atoms. The van der Waals surface area contributed by atoms with Gasteiger partial charge in [-0.2, -0.15) is 0 Å². The highest BCUT2D eigenvalue weighted by Crippen LogP contribution is 2.33. The molecule has 176 valence electrons. The summed E-state index contributed by atoms with van der Waals surface area (Å²) in [4.78, 5) is 20.2. The molecule has 3 heterocycles. The van der Waals surface area contributed by atoms with Crippen LogP contribution < -0.4 is 5.32 Å². The number of pyridine rings is 1. The summed E-state index contributed by atoms with van der Waals surface area (Å²) in [5, 5.41) is 12.1. The van der Waals surface area contributed by atoms with E-state index in [1.807, 2.05) is 22.7 Å². The molecular formula is C24H39N7O. The number of likely N-dealkylation sites (N-methyl/N-ethyl adjacent to an activating group) is 1. The number of aromatic nitrogens is 3. The molecule has 8 nitrogen and oxygen atoms in total. The number of carbonyl (C=O) groups is 1. The third-order valence-electron chi connectivity index (χ3n) is 6.98. The lowest BCUT2D eigenvalue weighted by Gasteiger charge is -2.42. The Hall–Kier alpha value is -2.03. The van der Waals surface area contributed by atoms with Crippen LogP contribution in [-0.2, 0) is 0 Å². The third kappa shape index (κ3) is 5.30. The van der Waals surface area contributed by atoms with Crippen molar-refractivity contribution in [2.24, 2.45) is 5.92 Å². The Bertz CT molecular complexity index is 903. The second-order valence-corrected chi connectivity index (χ2v) is 9.54. The van der Waals surface area contributed by atoms with E-state index in [0.717, 1.165) is 56.7 Å². The van der Waals surface area contributed by atoms with Crippen LogP contribution in [-0.4, -0.2) is 93.6 Å². The Kier molecular flexibility index (Phi) is 7.43. The molecule has 2 aromatic rings. The fourth-order valence-electron chi connectivity index (χ4n) is 4.77. The lowest BCUT2D eigenvalue weighted by Crippen LogP contribution is -2.51. The van der Waals surface area contributed by atoms with E-state index in [9.17, 15) is 4.79 Å². The van der Waals surface area contributed by atoms with Crippen LogP contribution in [0.25, 0.3) is 5.65 Å². The van der Waals surface area contributed by atoms with Crippen molar-refractivity contribution < 1.29 is 4.79 Å². The van der Waals surface area contributed by atoms with Crippen molar-refractivity contribution in [2.45, 2.75) is 52.6 Å². The van der Waals surface area contributed by atoms with Gasteiger partial charge in [0.15, 0.2) is 11.5 Å². The first kappa shape index (κ1) is 23.1. The molecule has 2 aromatic heterocycles. The predicted octanol–water partition coefficient (Wildman–Crippen LogP) is 2.28. The molecule has 32 heavy (non-hydrogen) atoms. The van der Waals surface area contributed by atoms with E-state index >= 15 is 0 Å². The van der Waals surface area contributed by atoms with E-state index in [1.54, 1.807) is 0 Å². The Labute approximate surface area is 192 Å². The Balaban J connectivity index is 1.52. The van der Waals surface area contributed by atoms with Crippen LogP contribution in [0.1, 0.15) is 62.8 Å². The number of hydrogen-bond donors (Lipinski definition) is 1. The molecular weight excluding hydrogens is 402 g/mol. The number of nitrogens with zero attached hydrogens (tertiary/aromatic N) is 6. The maximum Gasteiger partial charge on any atom is 0.252 e. The monoisotopic (exact) mass is 441 g/mol. The molecule has 0 unspecified atom stereocenters. The van der Waals surface area contributed by atoms with Gasteiger partial charge < -0.3 is 10.2 Å². The largest absolute Gasteiger partial charge is 0.351 e. The van der Waals surface area contributed by atoms with Crippen LogP contribution in [0.3, 0.4) is 0 Å². The van der Waals surface area contributed by atoms with E-state index in [1.165, 1.54) is 19.4 Å². The maximum absolute atomic E-state index is 12.8. The highest BCUT2D eigenvalue weighted by molar-refractivity contribution is 5.94. The highest BCUT2D eigenvalue weighted by atomic mass is 16.1. The second kappa shape index (κ2) is 10.3. The topological polar surface area (TPSA) is 69.0 Å². The van der Waals surface area contributed by atoms with Crippen LogP contribution in [0.5, 0.6) is 0 Å². The van der Waals surface area contributed by atoms with Crippen LogP contribution in [0.2, 0.25) is 0 Å². The van der Waals surface area contributed by atoms with Crippen molar-refractivity contribution in [1.82, 2.24) is 34.6 Å². The lowest BCUT2D eigenvalue weighted by molar-refractivity contribution is 0.0437. The van der Waals surface area contributed by atoms with E-state index < -0.39 is 0 Å². The Morgan fingerprint density at radius 1 is 1.19 bits per heavy atom. The van der Waals surface area contributed by atoms with Gasteiger partial charge in [0, 0.05) is 51.5 Å². The van der Waals surface area contributed by atoms with Crippen LogP contribution in [0.4, 0.5) is 0 Å². The van der Waals surface area contributed by atoms with Gasteiger partial charge in [0.1, 0.15) is 0 Å². The van der Waals surface area contributed by atoms with E-state index in [-0.39, 0.29) is 11.9 Å². The van der Waals surface area contributed by atoms with Crippen molar-refractivity contribution in [3.8, 4) is 0 Å². The zero-order valence-electron chi connectivity index (χ0n) is 20.1. The molecule has 2 aliphatic rings. The van der Waals surface area contributed by atoms with Gasteiger partial charge in [-0.05, 0) is 57.8 Å². The quantitative estimate of drug-likeness (QED) is 0.610. The van der Waals surface area contributed by atoms with Crippen LogP contribution in [0.15, 0.2) is 18.3 Å². The third-order valence-corrected chi connectivity index (χ3v) is 6.98. The van der Waals surface area contributed by atoms with Gasteiger partial charge in [-0.25, -0.2) is 0 Å². The molecule has 8 heteroatoms. The van der Waals surface area contributed by atoms with Crippen molar-refractivity contribution >= 4 is 11.6 Å². The summed E-state index contributed by atoms with van der Waals surface area (Å²) in [6, 6.07) is 4.36. The first-order chi connectivity index (χ1) is 15.5. The Morgan fingerprint density at radius 3 is 2.66 bits per heavy atom. The summed E-state index contributed by atoms with van der Waals surface area (Å²) in [5.41, 5.74) is 1.45. The average Bonchev–Trinajstić information content (AvgIpc) is 3.51. The SMILES string of the molecule is CCN(CC)CCNC(=O)c1ccc2nnc([C@H]3CN(CC4CC4)CCN3C(C)C)n2c1. The molecule has 1 saturated heterocycles. The standard InChI is InChI=1S/C24H39N7O/c1-5-28(6-2)12-11-25-24(32)20-9-10-22-26-27-23(31(22)16-20)21-17-29(15-19-7-8-19)13-14-30(21)18(3)4/h9-10,16,18-19,21H,5-8,11-15,17H2,1-4H3,(H,25,32)/t21-/m1/s1. The summed E-state index contributed by atoms with van der Waals surface area (Å²) in [6.07, 6.45) is 4.65. The Morgan fingerprint density at radius 2 is 1.97 bits per heavy atom. The first-order valence-electron chi connectivity index (χ1n) is 12.3. The summed E-state index contributed by atoms with van der Waals surface area (Å²) < 4.78 is 2.03. The van der Waals surface area contributed by atoms with Crippen molar-refractivity contribution in [1.29, 1.82) is 0 Å². The molecule has 2 fully saturated rings. The number of carbonyl (C=O) groups excluding carboxylic acids is 1. The normalized spacial score (nSPS) is 20.5. The van der Waals surface area contributed by atoms with Gasteiger partial charge in [0.25, 0.3) is 5.91 Å². The van der Waals surface area contributed by atoms with Gasteiger partial charge >= 0.3 is 0 Å².